The summed E-state index contributed by atoms with van der Waals surface area (Å²) in [6.45, 7) is 3.82. The van der Waals surface area contributed by atoms with Gasteiger partial charge in [0, 0.05) is 15.7 Å². The van der Waals surface area contributed by atoms with Gasteiger partial charge in [0.25, 0.3) is 5.91 Å². The summed E-state index contributed by atoms with van der Waals surface area (Å²) in [6, 6.07) is 5.75. The number of nitrogens with zero attached hydrogens (tertiary/aromatic N) is 1. The van der Waals surface area contributed by atoms with Crippen molar-refractivity contribution in [3.63, 3.8) is 0 Å². The number of hydrogen-bond acceptors (Lipinski definition) is 3. The van der Waals surface area contributed by atoms with Crippen LogP contribution in [-0.4, -0.2) is 11.1 Å². The van der Waals surface area contributed by atoms with E-state index in [1.807, 2.05) is 25.1 Å². The first-order valence-corrected chi connectivity index (χ1v) is 6.42. The summed E-state index contributed by atoms with van der Waals surface area (Å²) in [7, 11) is 0. The second-order valence-electron chi connectivity index (χ2n) is 3.95. The van der Waals surface area contributed by atoms with E-state index in [0.29, 0.717) is 0 Å². The van der Waals surface area contributed by atoms with E-state index in [9.17, 15) is 4.79 Å². The van der Waals surface area contributed by atoms with Crippen molar-refractivity contribution in [2.75, 3.05) is 5.32 Å². The molecule has 0 unspecified atom stereocenters. The lowest BCUT2D eigenvalue weighted by atomic mass is 10.1. The number of carbonyl (C=O) groups is 1. The molecule has 1 aromatic carbocycles. The molecule has 0 atom stereocenters. The van der Waals surface area contributed by atoms with Gasteiger partial charge in [-0.2, -0.15) is 0 Å². The minimum atomic E-state index is -0.276. The molecule has 1 heterocycles. The van der Waals surface area contributed by atoms with Gasteiger partial charge in [-0.1, -0.05) is 28.0 Å². The Balaban J connectivity index is 2.24. The predicted octanol–water partition coefficient (Wildman–Crippen LogP) is 3.56. The molecule has 0 aliphatic carbocycles. The zero-order valence-electron chi connectivity index (χ0n) is 10.2. The van der Waals surface area contributed by atoms with E-state index in [2.05, 4.69) is 26.4 Å². The smallest absolute Gasteiger partial charge is 0.294 e. The first kappa shape index (κ1) is 12.8. The molecule has 18 heavy (non-hydrogen) atoms. The lowest BCUT2D eigenvalue weighted by Crippen LogP contribution is -2.13. The summed E-state index contributed by atoms with van der Waals surface area (Å²) in [5, 5.41) is 6.44. The van der Waals surface area contributed by atoms with Gasteiger partial charge in [-0.05, 0) is 37.1 Å². The maximum absolute atomic E-state index is 12.0. The van der Waals surface area contributed by atoms with Crippen LogP contribution in [0.4, 0.5) is 5.69 Å². The largest absolute Gasteiger partial charge is 0.351 e. The Hall–Kier alpha value is -1.62. The number of hydrogen-bond donors (Lipinski definition) is 1. The molecule has 0 aliphatic heterocycles. The van der Waals surface area contributed by atoms with Gasteiger partial charge in [-0.25, -0.2) is 0 Å². The third kappa shape index (κ3) is 2.61. The van der Waals surface area contributed by atoms with Crippen LogP contribution in [0.3, 0.4) is 0 Å². The fourth-order valence-electron chi connectivity index (χ4n) is 1.67. The van der Waals surface area contributed by atoms with Crippen LogP contribution in [0, 0.1) is 6.92 Å². The SMILES string of the molecule is CCc1cc(Br)ccc1NC(=O)c1oncc1C. The van der Waals surface area contributed by atoms with E-state index in [0.717, 1.165) is 27.7 Å². The van der Waals surface area contributed by atoms with Crippen molar-refractivity contribution in [1.29, 1.82) is 0 Å². The van der Waals surface area contributed by atoms with Crippen molar-refractivity contribution in [2.24, 2.45) is 0 Å². The average Bonchev–Trinajstić information content (AvgIpc) is 2.77. The van der Waals surface area contributed by atoms with E-state index in [1.165, 1.54) is 6.20 Å². The monoisotopic (exact) mass is 308 g/mol. The lowest BCUT2D eigenvalue weighted by molar-refractivity contribution is 0.0987. The molecule has 1 amide bonds. The molecule has 1 aromatic heterocycles. The van der Waals surface area contributed by atoms with E-state index >= 15 is 0 Å². The number of carbonyl (C=O) groups excluding carboxylic acids is 1. The van der Waals surface area contributed by atoms with Crippen LogP contribution >= 0.6 is 15.9 Å². The second-order valence-corrected chi connectivity index (χ2v) is 4.86. The molecule has 94 valence electrons. The highest BCUT2D eigenvalue weighted by Gasteiger charge is 2.15. The van der Waals surface area contributed by atoms with Gasteiger partial charge in [-0.15, -0.1) is 0 Å². The van der Waals surface area contributed by atoms with Crippen LogP contribution in [0.2, 0.25) is 0 Å². The molecule has 5 heteroatoms. The van der Waals surface area contributed by atoms with Gasteiger partial charge >= 0.3 is 0 Å². The number of aromatic nitrogens is 1. The van der Waals surface area contributed by atoms with E-state index in [-0.39, 0.29) is 11.7 Å². The van der Waals surface area contributed by atoms with Crippen LogP contribution in [-0.2, 0) is 6.42 Å². The van der Waals surface area contributed by atoms with Gasteiger partial charge in [0.15, 0.2) is 0 Å². The van der Waals surface area contributed by atoms with Crippen molar-refractivity contribution < 1.29 is 9.32 Å². The molecular formula is C13H13BrN2O2. The molecule has 0 saturated heterocycles. The van der Waals surface area contributed by atoms with Gasteiger partial charge in [0.05, 0.1) is 6.20 Å². The minimum Gasteiger partial charge on any atom is -0.351 e. The highest BCUT2D eigenvalue weighted by molar-refractivity contribution is 9.10. The van der Waals surface area contributed by atoms with Crippen LogP contribution in [0.1, 0.15) is 28.6 Å². The molecule has 4 nitrogen and oxygen atoms in total. The highest BCUT2D eigenvalue weighted by atomic mass is 79.9. The Morgan fingerprint density at radius 3 is 2.89 bits per heavy atom. The summed E-state index contributed by atoms with van der Waals surface area (Å²) in [5.41, 5.74) is 2.58. The molecular weight excluding hydrogens is 296 g/mol. The molecule has 0 radical (unpaired) electrons. The highest BCUT2D eigenvalue weighted by Crippen LogP contribution is 2.22. The number of nitrogens with one attached hydrogen (secondary N) is 1. The Kier molecular flexibility index (Phi) is 3.81. The van der Waals surface area contributed by atoms with Crippen LogP contribution in [0.25, 0.3) is 0 Å². The Morgan fingerprint density at radius 1 is 1.50 bits per heavy atom. The fraction of sp³-hybridized carbons (Fsp3) is 0.231. The summed E-state index contributed by atoms with van der Waals surface area (Å²) in [6.07, 6.45) is 2.36. The maximum atomic E-state index is 12.0. The quantitative estimate of drug-likeness (QED) is 0.943. The number of amides is 1. The van der Waals surface area contributed by atoms with Crippen molar-refractivity contribution in [3.05, 3.63) is 45.8 Å². The number of benzene rings is 1. The molecule has 0 saturated carbocycles. The molecule has 0 spiro atoms. The fourth-order valence-corrected chi connectivity index (χ4v) is 2.07. The van der Waals surface area contributed by atoms with E-state index in [4.69, 9.17) is 4.52 Å². The molecule has 0 fully saturated rings. The topological polar surface area (TPSA) is 55.1 Å². The average molecular weight is 309 g/mol. The number of anilines is 1. The van der Waals surface area contributed by atoms with Gasteiger partial charge < -0.3 is 9.84 Å². The van der Waals surface area contributed by atoms with Gasteiger partial charge in [0.2, 0.25) is 5.76 Å². The van der Waals surface area contributed by atoms with E-state index in [1.54, 1.807) is 6.92 Å². The van der Waals surface area contributed by atoms with Crippen LogP contribution in [0.15, 0.2) is 33.4 Å². The maximum Gasteiger partial charge on any atom is 0.294 e. The van der Waals surface area contributed by atoms with Crippen molar-refractivity contribution >= 4 is 27.5 Å². The molecule has 0 aliphatic rings. The third-order valence-corrected chi connectivity index (χ3v) is 3.14. The standard InChI is InChI=1S/C13H13BrN2O2/c1-3-9-6-10(14)4-5-11(9)16-13(17)12-8(2)7-15-18-12/h4-7H,3H2,1-2H3,(H,16,17). The van der Waals surface area contributed by atoms with Gasteiger partial charge in [0.1, 0.15) is 0 Å². The van der Waals surface area contributed by atoms with Crippen molar-refractivity contribution in [2.45, 2.75) is 20.3 Å². The second kappa shape index (κ2) is 5.35. The third-order valence-electron chi connectivity index (χ3n) is 2.65. The van der Waals surface area contributed by atoms with Crippen molar-refractivity contribution in [1.82, 2.24) is 5.16 Å². The Bertz CT molecular complexity index is 578. The molecule has 2 aromatic rings. The van der Waals surface area contributed by atoms with Crippen LogP contribution in [0.5, 0.6) is 0 Å². The zero-order valence-corrected chi connectivity index (χ0v) is 11.7. The summed E-state index contributed by atoms with van der Waals surface area (Å²) < 4.78 is 5.92. The normalized spacial score (nSPS) is 10.4. The molecule has 0 bridgehead atoms. The number of halogens is 1. The Morgan fingerprint density at radius 2 is 2.28 bits per heavy atom. The lowest BCUT2D eigenvalue weighted by Gasteiger charge is -2.09. The summed E-state index contributed by atoms with van der Waals surface area (Å²) >= 11 is 3.41. The number of rotatable bonds is 3. The van der Waals surface area contributed by atoms with E-state index < -0.39 is 0 Å². The van der Waals surface area contributed by atoms with Gasteiger partial charge in [-0.3, -0.25) is 4.79 Å². The minimum absolute atomic E-state index is 0.250. The zero-order chi connectivity index (χ0) is 13.1. The first-order chi connectivity index (χ1) is 8.61. The first-order valence-electron chi connectivity index (χ1n) is 5.63. The summed E-state index contributed by atoms with van der Waals surface area (Å²) in [5.74, 6) is -0.0259. The number of aryl methyl sites for hydroxylation is 2. The summed E-state index contributed by atoms with van der Waals surface area (Å²) in [4.78, 5) is 12.0. The van der Waals surface area contributed by atoms with Crippen molar-refractivity contribution in [3.8, 4) is 0 Å². The predicted molar refractivity (Wildman–Crippen MR) is 72.7 cm³/mol. The Labute approximate surface area is 113 Å². The molecule has 2 rings (SSSR count). The van der Waals surface area contributed by atoms with Crippen LogP contribution < -0.4 is 5.32 Å². The molecule has 1 N–H and O–H groups in total.